The Morgan fingerprint density at radius 1 is 1.40 bits per heavy atom. The van der Waals surface area contributed by atoms with E-state index >= 15 is 0 Å². The molecule has 0 aliphatic rings. The molecule has 0 amide bonds. The summed E-state index contributed by atoms with van der Waals surface area (Å²) in [5.41, 5.74) is 1.14. The molecule has 0 aliphatic carbocycles. The second-order valence-corrected chi connectivity index (χ2v) is 5.05. The van der Waals surface area contributed by atoms with E-state index in [4.69, 9.17) is 5.26 Å². The summed E-state index contributed by atoms with van der Waals surface area (Å²) in [4.78, 5) is 0.895. The highest BCUT2D eigenvalue weighted by Gasteiger charge is 2.02. The highest BCUT2D eigenvalue weighted by Crippen LogP contribution is 2.10. The van der Waals surface area contributed by atoms with Crippen molar-refractivity contribution in [2.45, 2.75) is 31.1 Å². The summed E-state index contributed by atoms with van der Waals surface area (Å²) in [7, 11) is -0.907. The topological polar surface area (TPSA) is 40.9 Å². The van der Waals surface area contributed by atoms with Crippen LogP contribution in [0, 0.1) is 18.3 Å². The first kappa shape index (κ1) is 11.9. The number of unbranched alkanes of at least 4 members (excludes halogenated alkanes) is 2. The molecule has 0 saturated carbocycles. The lowest BCUT2D eigenvalue weighted by Gasteiger charge is -2.02. The van der Waals surface area contributed by atoms with Gasteiger partial charge in [-0.3, -0.25) is 4.21 Å². The molecular formula is C12H15NOS. The fourth-order valence-corrected chi connectivity index (χ4v) is 2.56. The van der Waals surface area contributed by atoms with E-state index in [1.54, 1.807) is 0 Å². The molecule has 3 heteroatoms. The predicted octanol–water partition coefficient (Wildman–Crippen LogP) is 2.80. The summed E-state index contributed by atoms with van der Waals surface area (Å²) >= 11 is 0. The first-order valence-corrected chi connectivity index (χ1v) is 6.38. The van der Waals surface area contributed by atoms with Crippen LogP contribution in [0.15, 0.2) is 29.2 Å². The Balaban J connectivity index is 2.44. The minimum Gasteiger partial charge on any atom is -0.254 e. The van der Waals surface area contributed by atoms with Crippen LogP contribution in [0.3, 0.4) is 0 Å². The molecule has 0 saturated heterocycles. The number of hydrogen-bond acceptors (Lipinski definition) is 2. The fraction of sp³-hybridized carbons (Fsp3) is 0.417. The lowest BCUT2D eigenvalue weighted by atomic mass is 10.2. The van der Waals surface area contributed by atoms with Crippen LogP contribution < -0.4 is 0 Å². The van der Waals surface area contributed by atoms with Gasteiger partial charge in [-0.1, -0.05) is 12.1 Å². The predicted molar refractivity (Wildman–Crippen MR) is 61.9 cm³/mol. The molecule has 0 aliphatic heterocycles. The number of aryl methyl sites for hydroxylation is 1. The van der Waals surface area contributed by atoms with Gasteiger partial charge in [0.2, 0.25) is 0 Å². The number of hydrogen-bond donors (Lipinski definition) is 0. The van der Waals surface area contributed by atoms with Crippen molar-refractivity contribution >= 4 is 10.8 Å². The smallest absolute Gasteiger partial charge is 0.0621 e. The molecule has 80 valence electrons. The Bertz CT molecular complexity index is 381. The van der Waals surface area contributed by atoms with Crippen molar-refractivity contribution < 1.29 is 4.21 Å². The van der Waals surface area contributed by atoms with E-state index in [0.717, 1.165) is 23.3 Å². The Morgan fingerprint density at radius 3 is 2.87 bits per heavy atom. The van der Waals surface area contributed by atoms with Gasteiger partial charge < -0.3 is 0 Å². The lowest BCUT2D eigenvalue weighted by Crippen LogP contribution is -1.98. The van der Waals surface area contributed by atoms with Crippen molar-refractivity contribution in [1.29, 1.82) is 5.26 Å². The van der Waals surface area contributed by atoms with E-state index in [1.807, 2.05) is 31.2 Å². The average Bonchev–Trinajstić information content (AvgIpc) is 2.24. The molecule has 0 aromatic heterocycles. The zero-order valence-electron chi connectivity index (χ0n) is 8.90. The standard InChI is InChI=1S/C12H15NOS/c1-11-6-5-7-12(10-11)15(14)9-4-2-3-8-13/h5-7,10H,2-4,9H2,1H3. The largest absolute Gasteiger partial charge is 0.254 e. The Hall–Kier alpha value is -1.14. The quantitative estimate of drug-likeness (QED) is 0.717. The third kappa shape index (κ3) is 4.26. The summed E-state index contributed by atoms with van der Waals surface area (Å²) < 4.78 is 11.8. The maximum Gasteiger partial charge on any atom is 0.0621 e. The summed E-state index contributed by atoms with van der Waals surface area (Å²) in [5.74, 6) is 0.658. The fourth-order valence-electron chi connectivity index (χ4n) is 1.31. The Kier molecular flexibility index (Phi) is 5.06. The van der Waals surface area contributed by atoms with Crippen LogP contribution in [0.25, 0.3) is 0 Å². The van der Waals surface area contributed by atoms with E-state index in [2.05, 4.69) is 6.07 Å². The highest BCUT2D eigenvalue weighted by atomic mass is 32.2. The van der Waals surface area contributed by atoms with Crippen LogP contribution in [0.1, 0.15) is 24.8 Å². The van der Waals surface area contributed by atoms with Gasteiger partial charge in [-0.25, -0.2) is 0 Å². The van der Waals surface area contributed by atoms with Crippen LogP contribution in [0.5, 0.6) is 0 Å². The van der Waals surface area contributed by atoms with Gasteiger partial charge in [0.1, 0.15) is 0 Å². The SMILES string of the molecule is Cc1cccc(S(=O)CCCCC#N)c1. The van der Waals surface area contributed by atoms with Gasteiger partial charge in [0, 0.05) is 17.1 Å². The van der Waals surface area contributed by atoms with Gasteiger partial charge in [-0.05, 0) is 37.5 Å². The van der Waals surface area contributed by atoms with Gasteiger partial charge in [0.25, 0.3) is 0 Å². The second kappa shape index (κ2) is 6.36. The molecule has 15 heavy (non-hydrogen) atoms. The molecule has 0 N–H and O–H groups in total. The second-order valence-electron chi connectivity index (χ2n) is 3.48. The molecule has 0 radical (unpaired) electrons. The molecule has 1 atom stereocenters. The molecule has 0 fully saturated rings. The van der Waals surface area contributed by atoms with Crippen LogP contribution in [0.4, 0.5) is 0 Å². The van der Waals surface area contributed by atoms with Gasteiger partial charge in [-0.2, -0.15) is 5.26 Å². The number of nitrogens with zero attached hydrogens (tertiary/aromatic N) is 1. The van der Waals surface area contributed by atoms with Crippen molar-refractivity contribution in [3.05, 3.63) is 29.8 Å². The summed E-state index contributed by atoms with van der Waals surface area (Å²) in [6, 6.07) is 9.87. The van der Waals surface area contributed by atoms with Gasteiger partial charge in [-0.15, -0.1) is 0 Å². The van der Waals surface area contributed by atoms with Crippen molar-refractivity contribution in [2.75, 3.05) is 5.75 Å². The molecule has 1 unspecified atom stereocenters. The molecule has 1 aromatic rings. The molecule has 0 heterocycles. The number of nitriles is 1. The summed E-state index contributed by atoms with van der Waals surface area (Å²) in [6.07, 6.45) is 2.26. The third-order valence-electron chi connectivity index (χ3n) is 2.12. The van der Waals surface area contributed by atoms with Crippen molar-refractivity contribution in [1.82, 2.24) is 0 Å². The first-order valence-electron chi connectivity index (χ1n) is 5.06. The van der Waals surface area contributed by atoms with Gasteiger partial charge in [0.05, 0.1) is 16.9 Å². The van der Waals surface area contributed by atoms with E-state index in [9.17, 15) is 4.21 Å². The Morgan fingerprint density at radius 2 is 2.20 bits per heavy atom. The maximum absolute atomic E-state index is 11.8. The molecule has 1 rings (SSSR count). The summed E-state index contributed by atoms with van der Waals surface area (Å²) in [5, 5.41) is 8.36. The van der Waals surface area contributed by atoms with Crippen LogP contribution >= 0.6 is 0 Å². The zero-order valence-corrected chi connectivity index (χ0v) is 9.72. The average molecular weight is 221 g/mol. The molecule has 2 nitrogen and oxygen atoms in total. The number of benzene rings is 1. The number of rotatable bonds is 5. The maximum atomic E-state index is 11.8. The normalized spacial score (nSPS) is 12.0. The van der Waals surface area contributed by atoms with Crippen molar-refractivity contribution in [3.8, 4) is 6.07 Å². The van der Waals surface area contributed by atoms with Crippen LogP contribution in [-0.4, -0.2) is 9.96 Å². The van der Waals surface area contributed by atoms with Crippen molar-refractivity contribution in [3.63, 3.8) is 0 Å². The first-order chi connectivity index (χ1) is 7.24. The lowest BCUT2D eigenvalue weighted by molar-refractivity contribution is 0.678. The van der Waals surface area contributed by atoms with E-state index < -0.39 is 10.8 Å². The monoisotopic (exact) mass is 221 g/mol. The van der Waals surface area contributed by atoms with Crippen LogP contribution in [-0.2, 0) is 10.8 Å². The summed E-state index contributed by atoms with van der Waals surface area (Å²) in [6.45, 7) is 2.00. The highest BCUT2D eigenvalue weighted by molar-refractivity contribution is 7.85. The Labute approximate surface area is 93.4 Å². The van der Waals surface area contributed by atoms with Gasteiger partial charge in [0.15, 0.2) is 0 Å². The zero-order chi connectivity index (χ0) is 11.1. The third-order valence-corrected chi connectivity index (χ3v) is 3.56. The van der Waals surface area contributed by atoms with Crippen molar-refractivity contribution in [2.24, 2.45) is 0 Å². The minimum absolute atomic E-state index is 0.561. The van der Waals surface area contributed by atoms with E-state index in [-0.39, 0.29) is 0 Å². The molecule has 0 bridgehead atoms. The van der Waals surface area contributed by atoms with E-state index in [1.165, 1.54) is 0 Å². The molecule has 1 aromatic carbocycles. The molecular weight excluding hydrogens is 206 g/mol. The van der Waals surface area contributed by atoms with E-state index in [0.29, 0.717) is 12.2 Å². The van der Waals surface area contributed by atoms with Gasteiger partial charge >= 0.3 is 0 Å². The molecule has 0 spiro atoms. The van der Waals surface area contributed by atoms with Crippen LogP contribution in [0.2, 0.25) is 0 Å². The minimum atomic E-state index is -0.907.